The molecule has 0 amide bonds. The fourth-order valence-electron chi connectivity index (χ4n) is 1.40. The van der Waals surface area contributed by atoms with Crippen molar-refractivity contribution in [2.75, 3.05) is 6.54 Å². The van der Waals surface area contributed by atoms with Crippen molar-refractivity contribution in [1.29, 1.82) is 0 Å². The molecule has 2 rings (SSSR count). The molecule has 0 radical (unpaired) electrons. The van der Waals surface area contributed by atoms with Crippen molar-refractivity contribution in [1.82, 2.24) is 5.48 Å². The van der Waals surface area contributed by atoms with Gasteiger partial charge in [-0.25, -0.2) is 4.39 Å². The summed E-state index contributed by atoms with van der Waals surface area (Å²) in [5.74, 6) is 1.47. The lowest BCUT2D eigenvalue weighted by atomic mass is 10.3. The van der Waals surface area contributed by atoms with E-state index in [9.17, 15) is 4.39 Å². The third-order valence-electron chi connectivity index (χ3n) is 2.19. The summed E-state index contributed by atoms with van der Waals surface area (Å²) < 4.78 is 18.5. The molecule has 0 saturated heterocycles. The lowest BCUT2D eigenvalue weighted by molar-refractivity contribution is 0.202. The summed E-state index contributed by atoms with van der Waals surface area (Å²) in [6.07, 6.45) is 0. The molecule has 0 saturated carbocycles. The maximum absolute atomic E-state index is 13.0. The van der Waals surface area contributed by atoms with Crippen LogP contribution in [-0.2, 0) is 0 Å². The lowest BCUT2D eigenvalue weighted by Gasteiger charge is -2.07. The molecular formula is C14H14FNO2. The van der Waals surface area contributed by atoms with Crippen LogP contribution >= 0.6 is 0 Å². The number of rotatable bonds is 5. The molecule has 18 heavy (non-hydrogen) atoms. The Hall–Kier alpha value is -2.07. The summed E-state index contributed by atoms with van der Waals surface area (Å²) in [5, 5.41) is 0. The highest BCUT2D eigenvalue weighted by Gasteiger charge is 1.99. The molecule has 4 heteroatoms. The Morgan fingerprint density at radius 3 is 2.39 bits per heavy atom. The van der Waals surface area contributed by atoms with Crippen LogP contribution in [0.3, 0.4) is 0 Å². The Labute approximate surface area is 105 Å². The average Bonchev–Trinajstić information content (AvgIpc) is 2.38. The largest absolute Gasteiger partial charge is 0.457 e. The standard InChI is InChI=1S/C14H14FNO2/c1-2-16-18-13-8-6-12(7-9-13)17-14-5-3-4-11(15)10-14/h3-10,16H,2H2,1H3. The van der Waals surface area contributed by atoms with Crippen molar-refractivity contribution in [3.63, 3.8) is 0 Å². The molecule has 0 heterocycles. The van der Waals surface area contributed by atoms with E-state index in [4.69, 9.17) is 9.57 Å². The number of hydroxylamine groups is 1. The molecule has 0 bridgehead atoms. The number of hydrogen-bond donors (Lipinski definition) is 1. The van der Waals surface area contributed by atoms with Crippen molar-refractivity contribution in [3.8, 4) is 17.2 Å². The zero-order valence-corrected chi connectivity index (χ0v) is 10.0. The highest BCUT2D eigenvalue weighted by Crippen LogP contribution is 2.23. The second-order valence-corrected chi connectivity index (χ2v) is 3.63. The smallest absolute Gasteiger partial charge is 0.147 e. The quantitative estimate of drug-likeness (QED) is 0.820. The van der Waals surface area contributed by atoms with Gasteiger partial charge in [0.05, 0.1) is 0 Å². The molecular weight excluding hydrogens is 233 g/mol. The van der Waals surface area contributed by atoms with E-state index in [1.54, 1.807) is 36.4 Å². The number of benzene rings is 2. The van der Waals surface area contributed by atoms with Crippen molar-refractivity contribution in [2.45, 2.75) is 6.92 Å². The number of halogens is 1. The van der Waals surface area contributed by atoms with Crippen LogP contribution in [0.1, 0.15) is 6.92 Å². The average molecular weight is 247 g/mol. The van der Waals surface area contributed by atoms with Gasteiger partial charge in [0.25, 0.3) is 0 Å². The molecule has 0 unspecified atom stereocenters. The van der Waals surface area contributed by atoms with Crippen molar-refractivity contribution < 1.29 is 14.0 Å². The monoisotopic (exact) mass is 247 g/mol. The van der Waals surface area contributed by atoms with Crippen LogP contribution in [-0.4, -0.2) is 6.54 Å². The van der Waals surface area contributed by atoms with Gasteiger partial charge in [-0.15, -0.1) is 0 Å². The first-order valence-electron chi connectivity index (χ1n) is 5.71. The van der Waals surface area contributed by atoms with Crippen molar-refractivity contribution >= 4 is 0 Å². The molecule has 0 spiro atoms. The minimum atomic E-state index is -0.320. The fraction of sp³-hybridized carbons (Fsp3) is 0.143. The van der Waals surface area contributed by atoms with Gasteiger partial charge < -0.3 is 9.57 Å². The second kappa shape index (κ2) is 6.02. The highest BCUT2D eigenvalue weighted by atomic mass is 19.1. The minimum Gasteiger partial charge on any atom is -0.457 e. The second-order valence-electron chi connectivity index (χ2n) is 3.63. The van der Waals surface area contributed by atoms with Gasteiger partial charge in [0.2, 0.25) is 0 Å². The van der Waals surface area contributed by atoms with Crippen LogP contribution in [0.25, 0.3) is 0 Å². The molecule has 0 atom stereocenters. The van der Waals surface area contributed by atoms with Gasteiger partial charge >= 0.3 is 0 Å². The van der Waals surface area contributed by atoms with Gasteiger partial charge in [0.1, 0.15) is 23.1 Å². The van der Waals surface area contributed by atoms with Crippen LogP contribution in [0.5, 0.6) is 17.2 Å². The topological polar surface area (TPSA) is 30.5 Å². The Kier molecular flexibility index (Phi) is 4.15. The van der Waals surface area contributed by atoms with Crippen molar-refractivity contribution in [3.05, 3.63) is 54.3 Å². The molecule has 0 aromatic heterocycles. The van der Waals surface area contributed by atoms with Crippen LogP contribution in [0.15, 0.2) is 48.5 Å². The van der Waals surface area contributed by atoms with Gasteiger partial charge in [-0.05, 0) is 43.3 Å². The summed E-state index contributed by atoms with van der Waals surface area (Å²) in [7, 11) is 0. The van der Waals surface area contributed by atoms with Gasteiger partial charge in [0.15, 0.2) is 0 Å². The van der Waals surface area contributed by atoms with E-state index in [-0.39, 0.29) is 5.82 Å². The zero-order valence-electron chi connectivity index (χ0n) is 10.0. The van der Waals surface area contributed by atoms with E-state index < -0.39 is 0 Å². The van der Waals surface area contributed by atoms with Crippen LogP contribution in [0.4, 0.5) is 4.39 Å². The maximum Gasteiger partial charge on any atom is 0.147 e. The first kappa shape index (κ1) is 12.4. The summed E-state index contributed by atoms with van der Waals surface area (Å²) in [5.41, 5.74) is 2.75. The Balaban J connectivity index is 2.02. The normalized spacial score (nSPS) is 10.1. The van der Waals surface area contributed by atoms with Gasteiger partial charge in [-0.2, -0.15) is 5.48 Å². The molecule has 1 N–H and O–H groups in total. The predicted octanol–water partition coefficient (Wildman–Crippen LogP) is 3.52. The maximum atomic E-state index is 13.0. The minimum absolute atomic E-state index is 0.320. The molecule has 94 valence electrons. The van der Waals surface area contributed by atoms with E-state index >= 15 is 0 Å². The predicted molar refractivity (Wildman–Crippen MR) is 67.2 cm³/mol. The Morgan fingerprint density at radius 1 is 1.00 bits per heavy atom. The van der Waals surface area contributed by atoms with Gasteiger partial charge in [-0.3, -0.25) is 0 Å². The third-order valence-corrected chi connectivity index (χ3v) is 2.19. The van der Waals surface area contributed by atoms with Gasteiger partial charge in [-0.1, -0.05) is 6.07 Å². The van der Waals surface area contributed by atoms with Crippen LogP contribution in [0.2, 0.25) is 0 Å². The lowest BCUT2D eigenvalue weighted by Crippen LogP contribution is -2.16. The summed E-state index contributed by atoms with van der Waals surface area (Å²) >= 11 is 0. The van der Waals surface area contributed by atoms with E-state index in [1.165, 1.54) is 12.1 Å². The number of nitrogens with one attached hydrogen (secondary N) is 1. The molecule has 0 fully saturated rings. The molecule has 0 aliphatic carbocycles. The molecule has 0 aliphatic heterocycles. The first-order chi connectivity index (χ1) is 8.78. The molecule has 3 nitrogen and oxygen atoms in total. The molecule has 2 aromatic carbocycles. The Bertz CT molecular complexity index is 499. The Morgan fingerprint density at radius 2 is 1.72 bits per heavy atom. The fourth-order valence-corrected chi connectivity index (χ4v) is 1.40. The first-order valence-corrected chi connectivity index (χ1v) is 5.71. The molecule has 2 aromatic rings. The number of hydrogen-bond acceptors (Lipinski definition) is 3. The van der Waals surface area contributed by atoms with Gasteiger partial charge in [0, 0.05) is 12.6 Å². The van der Waals surface area contributed by atoms with E-state index in [0.717, 1.165) is 6.54 Å². The number of ether oxygens (including phenoxy) is 1. The third kappa shape index (κ3) is 3.46. The SMILES string of the molecule is CCNOc1ccc(Oc2cccc(F)c2)cc1. The summed E-state index contributed by atoms with van der Waals surface area (Å²) in [6.45, 7) is 2.67. The van der Waals surface area contributed by atoms with Crippen LogP contribution < -0.4 is 15.1 Å². The zero-order chi connectivity index (χ0) is 12.8. The van der Waals surface area contributed by atoms with E-state index in [1.807, 2.05) is 6.92 Å². The van der Waals surface area contributed by atoms with E-state index in [2.05, 4.69) is 5.48 Å². The summed E-state index contributed by atoms with van der Waals surface area (Å²) in [6, 6.07) is 13.1. The van der Waals surface area contributed by atoms with Crippen LogP contribution in [0, 0.1) is 5.82 Å². The highest BCUT2D eigenvalue weighted by molar-refractivity contribution is 5.35. The van der Waals surface area contributed by atoms with Crippen molar-refractivity contribution in [2.24, 2.45) is 0 Å². The van der Waals surface area contributed by atoms with E-state index in [0.29, 0.717) is 17.2 Å². The summed E-state index contributed by atoms with van der Waals surface area (Å²) in [4.78, 5) is 5.21. The molecule has 0 aliphatic rings.